The van der Waals surface area contributed by atoms with Crippen molar-refractivity contribution in [3.63, 3.8) is 0 Å². The molecule has 0 bridgehead atoms. The highest BCUT2D eigenvalue weighted by Crippen LogP contribution is 2.17. The molecule has 0 heterocycles. The molecule has 0 saturated heterocycles. The third-order valence-electron chi connectivity index (χ3n) is 1.60. The molecule has 108 valence electrons. The van der Waals surface area contributed by atoms with Crippen molar-refractivity contribution in [1.82, 2.24) is 9.03 Å². The lowest BCUT2D eigenvalue weighted by Crippen LogP contribution is -2.48. The van der Waals surface area contributed by atoms with E-state index in [2.05, 4.69) is 4.74 Å². The number of rotatable bonds is 8. The molecule has 7 nitrogen and oxygen atoms in total. The number of hydrogen-bond acceptors (Lipinski definition) is 4. The van der Waals surface area contributed by atoms with E-state index < -0.39 is 35.4 Å². The van der Waals surface area contributed by atoms with Gasteiger partial charge in [-0.25, -0.2) is 0 Å². The van der Waals surface area contributed by atoms with Gasteiger partial charge in [-0.15, -0.1) is 0 Å². The van der Waals surface area contributed by atoms with Gasteiger partial charge in [0.15, 0.2) is 0 Å². The largest absolute Gasteiger partial charge is 0.480 e. The quantitative estimate of drug-likeness (QED) is 0.584. The number of aliphatic carboxylic acids is 1. The van der Waals surface area contributed by atoms with Crippen molar-refractivity contribution in [2.75, 3.05) is 33.4 Å². The Bertz CT molecular complexity index is 370. The first-order chi connectivity index (χ1) is 8.08. The van der Waals surface area contributed by atoms with E-state index in [1.54, 1.807) is 4.72 Å². The molecule has 0 aromatic rings. The molecule has 0 aromatic heterocycles. The summed E-state index contributed by atoms with van der Waals surface area (Å²) in [5.41, 5.74) is 0. The average Bonchev–Trinajstić information content (AvgIpc) is 2.14. The van der Waals surface area contributed by atoms with Gasteiger partial charge in [-0.3, -0.25) is 4.79 Å². The number of carboxylic acid groups (broad SMARTS) is 1. The standard InChI is InChI=1S/C7H13F3N2O5S/c1-17-3-2-11-18(15,16)12(4-6(13)14)5-7(8,9)10/h11H,2-5H2,1H3,(H,13,14). The predicted molar refractivity (Wildman–Crippen MR) is 54.1 cm³/mol. The van der Waals surface area contributed by atoms with Crippen molar-refractivity contribution >= 4 is 16.2 Å². The Kier molecular flexibility index (Phi) is 6.52. The highest BCUT2D eigenvalue weighted by atomic mass is 32.2. The van der Waals surface area contributed by atoms with Crippen LogP contribution in [0, 0.1) is 0 Å². The highest BCUT2D eigenvalue weighted by molar-refractivity contribution is 7.87. The molecule has 11 heteroatoms. The zero-order chi connectivity index (χ0) is 14.4. The first-order valence-corrected chi connectivity index (χ1v) is 6.04. The van der Waals surface area contributed by atoms with Crippen LogP contribution in [0.4, 0.5) is 13.2 Å². The molecule has 0 aliphatic heterocycles. The van der Waals surface area contributed by atoms with Gasteiger partial charge in [-0.2, -0.15) is 30.6 Å². The number of nitrogens with zero attached hydrogens (tertiary/aromatic N) is 1. The summed E-state index contributed by atoms with van der Waals surface area (Å²) in [5.74, 6) is -1.68. The molecule has 2 N–H and O–H groups in total. The van der Waals surface area contributed by atoms with Crippen LogP contribution in [-0.4, -0.2) is 63.3 Å². The molecule has 0 saturated carbocycles. The summed E-state index contributed by atoms with van der Waals surface area (Å²) in [6.07, 6.45) is -4.83. The van der Waals surface area contributed by atoms with Crippen LogP contribution in [0.5, 0.6) is 0 Å². The molecular weight excluding hydrogens is 281 g/mol. The Hall–Kier alpha value is -0.910. The van der Waals surface area contributed by atoms with Crippen LogP contribution in [0.1, 0.15) is 0 Å². The molecule has 0 amide bonds. The number of ether oxygens (including phenoxy) is 1. The summed E-state index contributed by atoms with van der Waals surface area (Å²) in [6, 6.07) is 0. The molecule has 0 aliphatic rings. The van der Waals surface area contributed by atoms with Crippen molar-refractivity contribution in [2.24, 2.45) is 0 Å². The van der Waals surface area contributed by atoms with Gasteiger partial charge < -0.3 is 9.84 Å². The van der Waals surface area contributed by atoms with E-state index in [4.69, 9.17) is 5.11 Å². The molecule has 0 aromatic carbocycles. The van der Waals surface area contributed by atoms with E-state index in [1.807, 2.05) is 0 Å². The Morgan fingerprint density at radius 1 is 1.44 bits per heavy atom. The number of carboxylic acids is 1. The maximum atomic E-state index is 12.1. The third kappa shape index (κ3) is 7.42. The van der Waals surface area contributed by atoms with E-state index in [0.717, 1.165) is 0 Å². The van der Waals surface area contributed by atoms with Crippen LogP contribution in [0.2, 0.25) is 0 Å². The SMILES string of the molecule is COCCNS(=O)(=O)N(CC(=O)O)CC(F)(F)F. The average molecular weight is 294 g/mol. The summed E-state index contributed by atoms with van der Waals surface area (Å²) in [4.78, 5) is 10.3. The van der Waals surface area contributed by atoms with Crippen molar-refractivity contribution in [2.45, 2.75) is 6.18 Å². The normalized spacial score (nSPS) is 12.9. The summed E-state index contributed by atoms with van der Waals surface area (Å²) in [5, 5.41) is 8.39. The lowest BCUT2D eigenvalue weighted by Gasteiger charge is -2.21. The van der Waals surface area contributed by atoms with Crippen LogP contribution in [-0.2, 0) is 19.7 Å². The summed E-state index contributed by atoms with van der Waals surface area (Å²) in [6.45, 7) is -3.46. The molecule has 0 atom stereocenters. The molecule has 0 unspecified atom stereocenters. The first-order valence-electron chi connectivity index (χ1n) is 4.60. The molecule has 0 spiro atoms. The Balaban J connectivity index is 4.77. The van der Waals surface area contributed by atoms with Crippen LogP contribution in [0.15, 0.2) is 0 Å². The van der Waals surface area contributed by atoms with Gasteiger partial charge in [0, 0.05) is 13.7 Å². The number of halogens is 3. The van der Waals surface area contributed by atoms with Gasteiger partial charge in [0.2, 0.25) is 0 Å². The maximum absolute atomic E-state index is 12.1. The van der Waals surface area contributed by atoms with Crippen LogP contribution in [0.3, 0.4) is 0 Å². The lowest BCUT2D eigenvalue weighted by atomic mass is 10.6. The number of nitrogens with one attached hydrogen (secondary N) is 1. The minimum atomic E-state index is -4.83. The topological polar surface area (TPSA) is 95.9 Å². The Morgan fingerprint density at radius 2 is 2.00 bits per heavy atom. The molecule has 18 heavy (non-hydrogen) atoms. The fraction of sp³-hybridized carbons (Fsp3) is 0.857. The van der Waals surface area contributed by atoms with E-state index in [0.29, 0.717) is 0 Å². The molecule has 0 aliphatic carbocycles. The molecule has 0 fully saturated rings. The first kappa shape index (κ1) is 17.1. The van der Waals surface area contributed by atoms with Crippen molar-refractivity contribution in [3.8, 4) is 0 Å². The van der Waals surface area contributed by atoms with Crippen LogP contribution < -0.4 is 4.72 Å². The summed E-state index contributed by atoms with van der Waals surface area (Å²) < 4.78 is 65.3. The lowest BCUT2D eigenvalue weighted by molar-refractivity contribution is -0.146. The van der Waals surface area contributed by atoms with Crippen LogP contribution in [0.25, 0.3) is 0 Å². The van der Waals surface area contributed by atoms with Gasteiger partial charge in [0.05, 0.1) is 6.61 Å². The highest BCUT2D eigenvalue weighted by Gasteiger charge is 2.37. The maximum Gasteiger partial charge on any atom is 0.402 e. The number of carbonyl (C=O) groups is 1. The van der Waals surface area contributed by atoms with E-state index in [1.165, 1.54) is 7.11 Å². The van der Waals surface area contributed by atoms with E-state index in [-0.39, 0.29) is 17.5 Å². The Morgan fingerprint density at radius 3 is 2.39 bits per heavy atom. The van der Waals surface area contributed by atoms with Crippen molar-refractivity contribution in [3.05, 3.63) is 0 Å². The minimum absolute atomic E-state index is 0.0494. The number of alkyl halides is 3. The fourth-order valence-electron chi connectivity index (χ4n) is 0.941. The summed E-state index contributed by atoms with van der Waals surface area (Å²) in [7, 11) is -3.24. The van der Waals surface area contributed by atoms with E-state index >= 15 is 0 Å². The second-order valence-corrected chi connectivity index (χ2v) is 4.92. The monoisotopic (exact) mass is 294 g/mol. The zero-order valence-electron chi connectivity index (χ0n) is 9.40. The van der Waals surface area contributed by atoms with Gasteiger partial charge in [-0.1, -0.05) is 0 Å². The van der Waals surface area contributed by atoms with Crippen LogP contribution >= 0.6 is 0 Å². The predicted octanol–water partition coefficient (Wildman–Crippen LogP) is -0.584. The van der Waals surface area contributed by atoms with E-state index in [9.17, 15) is 26.4 Å². The van der Waals surface area contributed by atoms with Crippen molar-refractivity contribution < 1.29 is 36.2 Å². The Labute approximate surface area is 102 Å². The molecular formula is C7H13F3N2O5S. The minimum Gasteiger partial charge on any atom is -0.480 e. The number of methoxy groups -OCH3 is 1. The zero-order valence-corrected chi connectivity index (χ0v) is 10.2. The van der Waals surface area contributed by atoms with Gasteiger partial charge in [0.1, 0.15) is 13.1 Å². The number of hydrogen-bond donors (Lipinski definition) is 2. The van der Waals surface area contributed by atoms with Gasteiger partial charge >= 0.3 is 12.1 Å². The van der Waals surface area contributed by atoms with Gasteiger partial charge in [0.25, 0.3) is 10.2 Å². The summed E-state index contributed by atoms with van der Waals surface area (Å²) >= 11 is 0. The fourth-order valence-corrected chi connectivity index (χ4v) is 2.06. The van der Waals surface area contributed by atoms with Crippen molar-refractivity contribution in [1.29, 1.82) is 0 Å². The van der Waals surface area contributed by atoms with Gasteiger partial charge in [-0.05, 0) is 0 Å². The molecule has 0 rings (SSSR count). The second kappa shape index (κ2) is 6.87. The smallest absolute Gasteiger partial charge is 0.402 e. The third-order valence-corrected chi connectivity index (χ3v) is 3.10. The molecule has 0 radical (unpaired) electrons. The second-order valence-electron chi connectivity index (χ2n) is 3.17.